The predicted molar refractivity (Wildman–Crippen MR) is 86.9 cm³/mol. The molecular weight excluding hydrogens is 270 g/mol. The monoisotopic (exact) mass is 293 g/mol. The second kappa shape index (κ2) is 5.65. The number of nitrogens with one attached hydrogen (secondary N) is 1. The molecule has 2 rings (SSSR count). The van der Waals surface area contributed by atoms with Gasteiger partial charge in [-0.1, -0.05) is 32.4 Å². The molecule has 20 heavy (non-hydrogen) atoms. The van der Waals surface area contributed by atoms with Gasteiger partial charge in [-0.15, -0.1) is 0 Å². The minimum absolute atomic E-state index is 0.106. The fourth-order valence-corrected chi connectivity index (χ4v) is 3.15. The Morgan fingerprint density at radius 2 is 1.90 bits per heavy atom. The van der Waals surface area contributed by atoms with Crippen LogP contribution in [0, 0.1) is 16.7 Å². The largest absolute Gasteiger partial charge is 0.384 e. The number of piperidine rings is 1. The highest BCUT2D eigenvalue weighted by molar-refractivity contribution is 6.31. The van der Waals surface area contributed by atoms with Gasteiger partial charge in [0.2, 0.25) is 0 Å². The normalized spacial score (nSPS) is 17.3. The maximum atomic E-state index is 7.71. The second-order valence-electron chi connectivity index (χ2n) is 6.70. The number of benzene rings is 1. The van der Waals surface area contributed by atoms with E-state index in [1.807, 2.05) is 12.1 Å². The van der Waals surface area contributed by atoms with E-state index in [2.05, 4.69) is 25.7 Å². The molecule has 0 unspecified atom stereocenters. The van der Waals surface area contributed by atoms with Gasteiger partial charge in [-0.25, -0.2) is 0 Å². The van der Waals surface area contributed by atoms with Crippen molar-refractivity contribution in [2.75, 3.05) is 18.0 Å². The number of halogens is 1. The number of hydrogen-bond acceptors (Lipinski definition) is 2. The zero-order valence-corrected chi connectivity index (χ0v) is 13.3. The number of hydrogen-bond donors (Lipinski definition) is 2. The van der Waals surface area contributed by atoms with Crippen molar-refractivity contribution >= 4 is 23.1 Å². The Kier molecular flexibility index (Phi) is 4.28. The van der Waals surface area contributed by atoms with Gasteiger partial charge in [-0.2, -0.15) is 0 Å². The number of nitrogens with zero attached hydrogens (tertiary/aromatic N) is 1. The Hall–Kier alpha value is -1.22. The van der Waals surface area contributed by atoms with Crippen LogP contribution in [-0.4, -0.2) is 18.9 Å². The molecular formula is C16H24ClN3. The van der Waals surface area contributed by atoms with Crippen LogP contribution < -0.4 is 10.6 Å². The molecule has 0 aromatic heterocycles. The summed E-state index contributed by atoms with van der Waals surface area (Å²) in [6, 6.07) is 5.56. The van der Waals surface area contributed by atoms with E-state index in [0.717, 1.165) is 30.3 Å². The molecule has 4 heteroatoms. The van der Waals surface area contributed by atoms with E-state index >= 15 is 0 Å². The fraction of sp³-hybridized carbons (Fsp3) is 0.562. The lowest BCUT2D eigenvalue weighted by atomic mass is 9.75. The smallest absolute Gasteiger partial charge is 0.124 e. The molecule has 0 saturated carbocycles. The second-order valence-corrected chi connectivity index (χ2v) is 7.14. The molecule has 110 valence electrons. The highest BCUT2D eigenvalue weighted by atomic mass is 35.5. The van der Waals surface area contributed by atoms with E-state index in [1.54, 1.807) is 6.07 Å². The molecule has 1 saturated heterocycles. The van der Waals surface area contributed by atoms with Crippen molar-refractivity contribution in [3.05, 3.63) is 28.8 Å². The SMILES string of the molecule is CC(C)(C)C1CCN(c2cc(Cl)ccc2C(=N)N)CC1. The first-order valence-corrected chi connectivity index (χ1v) is 7.55. The van der Waals surface area contributed by atoms with Crippen LogP contribution in [0.4, 0.5) is 5.69 Å². The van der Waals surface area contributed by atoms with Crippen LogP contribution in [0.2, 0.25) is 5.02 Å². The Morgan fingerprint density at radius 1 is 1.30 bits per heavy atom. The van der Waals surface area contributed by atoms with Crippen molar-refractivity contribution in [1.82, 2.24) is 0 Å². The van der Waals surface area contributed by atoms with Crippen LogP contribution in [0.25, 0.3) is 0 Å². The quantitative estimate of drug-likeness (QED) is 0.642. The summed E-state index contributed by atoms with van der Waals surface area (Å²) in [5, 5.41) is 8.41. The molecule has 1 aromatic rings. The average molecular weight is 294 g/mol. The summed E-state index contributed by atoms with van der Waals surface area (Å²) >= 11 is 6.10. The summed E-state index contributed by atoms with van der Waals surface area (Å²) in [5.74, 6) is 0.855. The van der Waals surface area contributed by atoms with Crippen LogP contribution in [0.3, 0.4) is 0 Å². The molecule has 1 aromatic carbocycles. The van der Waals surface area contributed by atoms with Crippen molar-refractivity contribution in [3.63, 3.8) is 0 Å². The standard InChI is InChI=1S/C16H24ClN3/c1-16(2,3)11-6-8-20(9-7-11)14-10-12(17)4-5-13(14)15(18)19/h4-5,10-11H,6-9H2,1-3H3,(H3,18,19). The third-order valence-corrected chi connectivity index (χ3v) is 4.55. The van der Waals surface area contributed by atoms with E-state index in [9.17, 15) is 0 Å². The van der Waals surface area contributed by atoms with Crippen LogP contribution in [0.1, 0.15) is 39.2 Å². The van der Waals surface area contributed by atoms with Crippen molar-refractivity contribution in [2.45, 2.75) is 33.6 Å². The number of nitrogens with two attached hydrogens (primary N) is 1. The maximum absolute atomic E-state index is 7.71. The minimum atomic E-state index is 0.106. The molecule has 1 fully saturated rings. The van der Waals surface area contributed by atoms with Gasteiger partial charge in [-0.3, -0.25) is 5.41 Å². The summed E-state index contributed by atoms with van der Waals surface area (Å²) in [6.07, 6.45) is 2.35. The number of nitrogen functional groups attached to an aromatic ring is 1. The van der Waals surface area contributed by atoms with Gasteiger partial charge in [-0.05, 0) is 42.4 Å². The lowest BCUT2D eigenvalue weighted by Crippen LogP contribution is -2.38. The molecule has 0 spiro atoms. The van der Waals surface area contributed by atoms with Crippen LogP contribution in [0.15, 0.2) is 18.2 Å². The lowest BCUT2D eigenvalue weighted by Gasteiger charge is -2.40. The van der Waals surface area contributed by atoms with Crippen LogP contribution in [0.5, 0.6) is 0 Å². The molecule has 1 aliphatic heterocycles. The number of rotatable bonds is 2. The van der Waals surface area contributed by atoms with Crippen LogP contribution in [-0.2, 0) is 0 Å². The molecule has 0 amide bonds. The van der Waals surface area contributed by atoms with Crippen molar-refractivity contribution in [3.8, 4) is 0 Å². The highest BCUT2D eigenvalue weighted by Crippen LogP contribution is 2.36. The molecule has 1 aliphatic rings. The summed E-state index contributed by atoms with van der Waals surface area (Å²) in [6.45, 7) is 8.94. The van der Waals surface area contributed by atoms with Crippen molar-refractivity contribution in [2.24, 2.45) is 17.1 Å². The van der Waals surface area contributed by atoms with Crippen molar-refractivity contribution < 1.29 is 0 Å². The van der Waals surface area contributed by atoms with Gasteiger partial charge >= 0.3 is 0 Å². The molecule has 0 bridgehead atoms. The van der Waals surface area contributed by atoms with Gasteiger partial charge in [0, 0.05) is 29.4 Å². The molecule has 0 atom stereocenters. The topological polar surface area (TPSA) is 53.1 Å². The predicted octanol–water partition coefficient (Wildman–Crippen LogP) is 3.89. The summed E-state index contributed by atoms with van der Waals surface area (Å²) < 4.78 is 0. The van der Waals surface area contributed by atoms with Gasteiger partial charge in [0.15, 0.2) is 0 Å². The summed E-state index contributed by atoms with van der Waals surface area (Å²) in [5.41, 5.74) is 7.82. The fourth-order valence-electron chi connectivity index (χ4n) is 2.98. The number of amidine groups is 1. The highest BCUT2D eigenvalue weighted by Gasteiger charge is 2.29. The van der Waals surface area contributed by atoms with Crippen LogP contribution >= 0.6 is 11.6 Å². The van der Waals surface area contributed by atoms with E-state index in [0.29, 0.717) is 10.4 Å². The molecule has 0 radical (unpaired) electrons. The maximum Gasteiger partial charge on any atom is 0.124 e. The average Bonchev–Trinajstić information content (AvgIpc) is 2.37. The van der Waals surface area contributed by atoms with Gasteiger partial charge in [0.1, 0.15) is 5.84 Å². The van der Waals surface area contributed by atoms with E-state index < -0.39 is 0 Å². The van der Waals surface area contributed by atoms with Gasteiger partial charge < -0.3 is 10.6 Å². The van der Waals surface area contributed by atoms with E-state index in [-0.39, 0.29) is 5.84 Å². The summed E-state index contributed by atoms with van der Waals surface area (Å²) in [4.78, 5) is 2.31. The molecule has 3 N–H and O–H groups in total. The molecule has 0 aliphatic carbocycles. The summed E-state index contributed by atoms with van der Waals surface area (Å²) in [7, 11) is 0. The van der Waals surface area contributed by atoms with E-state index in [1.165, 1.54) is 12.8 Å². The lowest BCUT2D eigenvalue weighted by molar-refractivity contribution is 0.199. The van der Waals surface area contributed by atoms with E-state index in [4.69, 9.17) is 22.7 Å². The first-order chi connectivity index (χ1) is 9.29. The number of anilines is 1. The van der Waals surface area contributed by atoms with Gasteiger partial charge in [0.05, 0.1) is 0 Å². The Bertz CT molecular complexity index is 497. The first kappa shape index (κ1) is 15.2. The third kappa shape index (κ3) is 3.26. The first-order valence-electron chi connectivity index (χ1n) is 7.18. The van der Waals surface area contributed by atoms with Crippen molar-refractivity contribution in [1.29, 1.82) is 5.41 Å². The molecule has 1 heterocycles. The Morgan fingerprint density at radius 3 is 2.40 bits per heavy atom. The zero-order valence-electron chi connectivity index (χ0n) is 12.5. The third-order valence-electron chi connectivity index (χ3n) is 4.31. The molecule has 3 nitrogen and oxygen atoms in total. The Labute approximate surface area is 126 Å². The minimum Gasteiger partial charge on any atom is -0.384 e. The van der Waals surface area contributed by atoms with Gasteiger partial charge in [0.25, 0.3) is 0 Å². The zero-order chi connectivity index (χ0) is 14.9. The Balaban J connectivity index is 2.18.